The van der Waals surface area contributed by atoms with Gasteiger partial charge in [-0.05, 0) is 45.7 Å². The molecule has 0 fully saturated rings. The summed E-state index contributed by atoms with van der Waals surface area (Å²) >= 11 is 0. The number of nitrogens with zero attached hydrogens (tertiary/aromatic N) is 3. The number of ether oxygens (including phenoxy) is 1. The molecule has 3 rings (SSSR count). The van der Waals surface area contributed by atoms with Crippen molar-refractivity contribution in [3.8, 4) is 0 Å². The number of nitrogens with two attached hydrogens (primary N) is 1. The molecule has 0 spiro atoms. The summed E-state index contributed by atoms with van der Waals surface area (Å²) in [6, 6.07) is 8.60. The van der Waals surface area contributed by atoms with E-state index < -0.39 is 21.7 Å². The zero-order chi connectivity index (χ0) is 21.9. The summed E-state index contributed by atoms with van der Waals surface area (Å²) in [5.74, 6) is 0.0293. The lowest BCUT2D eigenvalue weighted by Crippen LogP contribution is -2.27. The molecular weight excluding hydrogens is 406 g/mol. The van der Waals surface area contributed by atoms with E-state index in [9.17, 15) is 13.2 Å². The van der Waals surface area contributed by atoms with Gasteiger partial charge < -0.3 is 10.5 Å². The zero-order valence-corrected chi connectivity index (χ0v) is 17.9. The second-order valence-corrected chi connectivity index (χ2v) is 9.51. The van der Waals surface area contributed by atoms with Gasteiger partial charge in [0.2, 0.25) is 16.0 Å². The van der Waals surface area contributed by atoms with E-state index >= 15 is 0 Å². The number of benzene rings is 1. The lowest BCUT2D eigenvalue weighted by atomic mass is 10.2. The molecule has 0 amide bonds. The van der Waals surface area contributed by atoms with Crippen molar-refractivity contribution in [2.75, 3.05) is 12.3 Å². The number of para-hydroxylation sites is 1. The second-order valence-electron chi connectivity index (χ2n) is 7.77. The van der Waals surface area contributed by atoms with Crippen LogP contribution in [0.1, 0.15) is 32.9 Å². The van der Waals surface area contributed by atoms with E-state index in [2.05, 4.69) is 14.7 Å². The van der Waals surface area contributed by atoms with Gasteiger partial charge in [-0.2, -0.15) is 0 Å². The third-order valence-corrected chi connectivity index (χ3v) is 5.65. The first kappa shape index (κ1) is 21.7. The number of aromatic nitrogens is 3. The highest BCUT2D eigenvalue weighted by Gasteiger charge is 2.21. The quantitative estimate of drug-likeness (QED) is 0.574. The molecule has 2 aromatic heterocycles. The maximum atomic E-state index is 12.7. The Hall–Kier alpha value is -2.98. The predicted molar refractivity (Wildman–Crippen MR) is 114 cm³/mol. The Morgan fingerprint density at radius 1 is 1.23 bits per heavy atom. The van der Waals surface area contributed by atoms with Crippen LogP contribution in [-0.4, -0.2) is 41.2 Å². The largest absolute Gasteiger partial charge is 0.443 e. The van der Waals surface area contributed by atoms with Gasteiger partial charge in [0.1, 0.15) is 10.5 Å². The Kier molecular flexibility index (Phi) is 6.09. The highest BCUT2D eigenvalue weighted by Crippen LogP contribution is 2.20. The van der Waals surface area contributed by atoms with E-state index in [0.29, 0.717) is 24.1 Å². The van der Waals surface area contributed by atoms with Gasteiger partial charge in [0, 0.05) is 24.3 Å². The maximum Gasteiger partial charge on any atom is 0.421 e. The number of nitrogens with one attached hydrogen (secondary N) is 1. The minimum atomic E-state index is -3.71. The van der Waals surface area contributed by atoms with Crippen molar-refractivity contribution in [3.05, 3.63) is 48.4 Å². The molecule has 30 heavy (non-hydrogen) atoms. The van der Waals surface area contributed by atoms with Crippen molar-refractivity contribution >= 4 is 33.0 Å². The van der Waals surface area contributed by atoms with E-state index in [4.69, 9.17) is 10.5 Å². The highest BCUT2D eigenvalue weighted by molar-refractivity contribution is 7.89. The number of rotatable bonds is 6. The molecule has 0 saturated heterocycles. The Morgan fingerprint density at radius 2 is 1.97 bits per heavy atom. The predicted octanol–water partition coefficient (Wildman–Crippen LogP) is 2.71. The number of carbonyl (C=O) groups is 1. The molecule has 1 aromatic carbocycles. The number of nitrogen functional groups attached to an aromatic ring is 1. The number of hydrogen-bond donors (Lipinski definition) is 2. The Labute approximate surface area is 175 Å². The van der Waals surface area contributed by atoms with Crippen LogP contribution in [0.25, 0.3) is 10.9 Å². The molecule has 10 heteroatoms. The summed E-state index contributed by atoms with van der Waals surface area (Å²) in [7, 11) is -3.71. The topological polar surface area (TPSA) is 129 Å². The maximum absolute atomic E-state index is 12.7. The van der Waals surface area contributed by atoms with E-state index in [1.165, 1.54) is 12.3 Å². The van der Waals surface area contributed by atoms with Crippen molar-refractivity contribution in [3.63, 3.8) is 0 Å². The normalized spacial score (nSPS) is 12.2. The van der Waals surface area contributed by atoms with Crippen molar-refractivity contribution in [1.82, 2.24) is 19.3 Å². The molecule has 0 atom stereocenters. The molecule has 0 unspecified atom stereocenters. The van der Waals surface area contributed by atoms with Crippen LogP contribution >= 0.6 is 0 Å². The number of aryl methyl sites for hydroxylation is 1. The number of carbonyl (C=O) groups excluding carboxylic acids is 1. The Balaban J connectivity index is 1.61. The van der Waals surface area contributed by atoms with Gasteiger partial charge in [0.25, 0.3) is 0 Å². The molecule has 2 heterocycles. The first-order chi connectivity index (χ1) is 14.1. The molecule has 160 valence electrons. The number of fused-ring (bicyclic) bond motifs is 1. The summed E-state index contributed by atoms with van der Waals surface area (Å²) in [4.78, 5) is 20.6. The summed E-state index contributed by atoms with van der Waals surface area (Å²) in [5.41, 5.74) is 6.15. The first-order valence-corrected chi connectivity index (χ1v) is 11.0. The van der Waals surface area contributed by atoms with Crippen LogP contribution in [0.5, 0.6) is 0 Å². The van der Waals surface area contributed by atoms with Gasteiger partial charge in [0.15, 0.2) is 0 Å². The second kappa shape index (κ2) is 8.41. The highest BCUT2D eigenvalue weighted by atomic mass is 32.2. The van der Waals surface area contributed by atoms with E-state index in [0.717, 1.165) is 9.95 Å². The molecule has 0 bridgehead atoms. The fourth-order valence-corrected chi connectivity index (χ4v) is 4.12. The molecular formula is C20H25N5O4S. The van der Waals surface area contributed by atoms with E-state index in [-0.39, 0.29) is 17.4 Å². The molecule has 9 nitrogen and oxygen atoms in total. The molecule has 3 N–H and O–H groups in total. The standard InChI is InChI=1S/C20H25N5O4S/c1-20(2,3)29-19(26)25-13-15(24-18(25)21)9-6-12-23-30(27,28)16-10-4-7-14-8-5-11-22-17(14)16/h4-5,7-8,10-11,13,23H,6,9,12H2,1-3H3,(H2,21,24). The summed E-state index contributed by atoms with van der Waals surface area (Å²) in [6.07, 6.45) is 3.38. The summed E-state index contributed by atoms with van der Waals surface area (Å²) < 4.78 is 34.4. The minimum absolute atomic E-state index is 0.0293. The van der Waals surface area contributed by atoms with E-state index in [1.807, 2.05) is 12.1 Å². The van der Waals surface area contributed by atoms with Gasteiger partial charge in [-0.25, -0.2) is 27.5 Å². The number of pyridine rings is 1. The molecule has 0 radical (unpaired) electrons. The number of hydrogen-bond acceptors (Lipinski definition) is 7. The smallest absolute Gasteiger partial charge is 0.421 e. The fraction of sp³-hybridized carbons (Fsp3) is 0.350. The molecule has 0 aliphatic heterocycles. The van der Waals surface area contributed by atoms with Crippen LogP contribution in [0.4, 0.5) is 10.7 Å². The number of imidazole rings is 1. The van der Waals surface area contributed by atoms with Crippen LogP contribution < -0.4 is 10.5 Å². The van der Waals surface area contributed by atoms with Crippen LogP contribution in [0, 0.1) is 0 Å². The molecule has 0 saturated carbocycles. The van der Waals surface area contributed by atoms with Crippen molar-refractivity contribution in [2.45, 2.75) is 44.1 Å². The van der Waals surface area contributed by atoms with Crippen LogP contribution in [0.3, 0.4) is 0 Å². The van der Waals surface area contributed by atoms with Crippen molar-refractivity contribution in [2.24, 2.45) is 0 Å². The zero-order valence-electron chi connectivity index (χ0n) is 17.1. The molecule has 0 aliphatic carbocycles. The first-order valence-electron chi connectivity index (χ1n) is 9.47. The minimum Gasteiger partial charge on any atom is -0.443 e. The third kappa shape index (κ3) is 5.14. The number of anilines is 1. The van der Waals surface area contributed by atoms with Gasteiger partial charge >= 0.3 is 6.09 Å². The monoisotopic (exact) mass is 431 g/mol. The Morgan fingerprint density at radius 3 is 2.70 bits per heavy atom. The Bertz CT molecular complexity index is 1160. The summed E-state index contributed by atoms with van der Waals surface area (Å²) in [5, 5.41) is 0.753. The average molecular weight is 432 g/mol. The van der Waals surface area contributed by atoms with Gasteiger partial charge in [-0.1, -0.05) is 18.2 Å². The lowest BCUT2D eigenvalue weighted by molar-refractivity contribution is 0.0540. The summed E-state index contributed by atoms with van der Waals surface area (Å²) in [6.45, 7) is 5.48. The average Bonchev–Trinajstić information content (AvgIpc) is 3.04. The van der Waals surface area contributed by atoms with Gasteiger partial charge in [-0.3, -0.25) is 4.98 Å². The van der Waals surface area contributed by atoms with Crippen LogP contribution in [0.15, 0.2) is 47.6 Å². The van der Waals surface area contributed by atoms with Gasteiger partial charge in [0.05, 0.1) is 11.2 Å². The third-order valence-electron chi connectivity index (χ3n) is 4.16. The van der Waals surface area contributed by atoms with E-state index in [1.54, 1.807) is 39.1 Å². The van der Waals surface area contributed by atoms with Crippen LogP contribution in [-0.2, 0) is 21.2 Å². The van der Waals surface area contributed by atoms with Gasteiger partial charge in [-0.15, -0.1) is 0 Å². The molecule has 3 aromatic rings. The fourth-order valence-electron chi connectivity index (χ4n) is 2.87. The number of sulfonamides is 1. The molecule has 0 aliphatic rings. The van der Waals surface area contributed by atoms with Crippen molar-refractivity contribution in [1.29, 1.82) is 0 Å². The SMILES string of the molecule is CC(C)(C)OC(=O)n1cc(CCCNS(=O)(=O)c2cccc3cccnc23)nc1N. The van der Waals surface area contributed by atoms with Crippen LogP contribution in [0.2, 0.25) is 0 Å². The van der Waals surface area contributed by atoms with Crippen molar-refractivity contribution < 1.29 is 17.9 Å². The lowest BCUT2D eigenvalue weighted by Gasteiger charge is -2.19.